The number of nitrogens with one attached hydrogen (secondary N) is 2. The molecule has 5 atom stereocenters. The Labute approximate surface area is 232 Å². The zero-order valence-corrected chi connectivity index (χ0v) is 23.1. The van der Waals surface area contributed by atoms with E-state index < -0.39 is 55.5 Å². The van der Waals surface area contributed by atoms with Crippen molar-refractivity contribution < 1.29 is 38.5 Å². The number of rotatable bonds is 9. The lowest BCUT2D eigenvalue weighted by molar-refractivity contribution is -0.142. The number of fused-ring (bicyclic) bond motifs is 2. The molecule has 1 saturated heterocycles. The summed E-state index contributed by atoms with van der Waals surface area (Å²) in [6, 6.07) is 12.2. The van der Waals surface area contributed by atoms with Crippen molar-refractivity contribution in [2.75, 3.05) is 12.3 Å². The number of H-pyrrole nitrogens is 1. The Balaban J connectivity index is 1.44. The minimum Gasteiger partial charge on any atom is -0.480 e. The van der Waals surface area contributed by atoms with Crippen LogP contribution in [-0.2, 0) is 18.6 Å². The summed E-state index contributed by atoms with van der Waals surface area (Å²) in [6.07, 6.45) is -2.99. The number of anilines is 1. The number of hydrogen-bond acceptors (Lipinski definition) is 11. The summed E-state index contributed by atoms with van der Waals surface area (Å²) >= 11 is 0. The van der Waals surface area contributed by atoms with Crippen LogP contribution in [-0.4, -0.2) is 70.8 Å². The monoisotopic (exact) mass is 588 g/mol. The summed E-state index contributed by atoms with van der Waals surface area (Å²) in [5, 5.41) is 35.6. The van der Waals surface area contributed by atoms with Gasteiger partial charge in [-0.15, -0.1) is 0 Å². The lowest BCUT2D eigenvalue weighted by atomic mass is 9.96. The van der Waals surface area contributed by atoms with Gasteiger partial charge in [0.15, 0.2) is 17.4 Å². The first kappa shape index (κ1) is 28.7. The van der Waals surface area contributed by atoms with Gasteiger partial charge in [0.05, 0.1) is 12.9 Å². The second-order valence-corrected chi connectivity index (χ2v) is 12.0. The average Bonchev–Trinajstić information content (AvgIpc) is 3.40. The molecule has 1 aliphatic heterocycles. The number of nitrogens with zero attached hydrogens (tertiary/aromatic N) is 3. The Kier molecular flexibility index (Phi) is 7.14. The minimum absolute atomic E-state index is 0.000119. The first-order valence-electron chi connectivity index (χ1n) is 12.4. The summed E-state index contributed by atoms with van der Waals surface area (Å²) in [4.78, 5) is 34.4. The number of nitrogen functional groups attached to an aromatic ring is 1. The lowest BCUT2D eigenvalue weighted by Gasteiger charge is -2.29. The maximum absolute atomic E-state index is 14.0. The van der Waals surface area contributed by atoms with Gasteiger partial charge in [-0.05, 0) is 32.2 Å². The largest absolute Gasteiger partial charge is 0.480 e. The van der Waals surface area contributed by atoms with Crippen LogP contribution >= 0.6 is 7.75 Å². The molecule has 2 aromatic heterocycles. The number of aliphatic hydroxyl groups excluding tert-OH is 1. The van der Waals surface area contributed by atoms with Crippen LogP contribution in [0.4, 0.5) is 5.95 Å². The number of carboxylic acids is 1. The average molecular weight is 589 g/mol. The van der Waals surface area contributed by atoms with Crippen molar-refractivity contribution in [2.24, 2.45) is 0 Å². The molecule has 7 N–H and O–H groups in total. The first-order valence-corrected chi connectivity index (χ1v) is 14.0. The van der Waals surface area contributed by atoms with Gasteiger partial charge in [0.25, 0.3) is 5.56 Å². The molecule has 218 valence electrons. The second-order valence-electron chi connectivity index (χ2n) is 10.4. The van der Waals surface area contributed by atoms with Gasteiger partial charge in [-0.25, -0.2) is 9.55 Å². The van der Waals surface area contributed by atoms with E-state index in [9.17, 15) is 29.5 Å². The smallest absolute Gasteiger partial charge is 0.459 e. The van der Waals surface area contributed by atoms with Gasteiger partial charge >= 0.3 is 13.7 Å². The lowest BCUT2D eigenvalue weighted by Crippen LogP contribution is -2.47. The number of ether oxygens (including phenoxy) is 1. The number of carboxylic acid groups (broad SMARTS) is 1. The van der Waals surface area contributed by atoms with Crippen molar-refractivity contribution in [1.82, 2.24) is 24.6 Å². The molecule has 0 radical (unpaired) electrons. The van der Waals surface area contributed by atoms with Gasteiger partial charge < -0.3 is 30.3 Å². The number of aromatic nitrogens is 4. The van der Waals surface area contributed by atoms with E-state index in [1.54, 1.807) is 24.3 Å². The third-order valence-corrected chi connectivity index (χ3v) is 8.54. The first-order chi connectivity index (χ1) is 19.2. The van der Waals surface area contributed by atoms with Crippen molar-refractivity contribution in [1.29, 1.82) is 0 Å². The van der Waals surface area contributed by atoms with E-state index >= 15 is 0 Å². The molecule has 0 aliphatic carbocycles. The van der Waals surface area contributed by atoms with Crippen LogP contribution in [0, 0.1) is 0 Å². The minimum atomic E-state index is -4.47. The highest BCUT2D eigenvalue weighted by molar-refractivity contribution is 7.52. The molecule has 1 aliphatic rings. The maximum Gasteiger partial charge on any atom is 0.459 e. The molecule has 1 unspecified atom stereocenters. The topological polar surface area (TPSA) is 224 Å². The zero-order chi connectivity index (χ0) is 29.7. The standard InChI is InChI=1S/C25H29N6O9P/c1-24(2,22(34)35)30-41(37,40-15-10-6-8-13-7-4-5-9-14(13)15)38-11-16-18(32)25(3,36)21(39-16)31-12-27-17-19(31)28-23(26)29-20(17)33/h4-10,12,16,18,21,32,36H,11H2,1-3H3,(H,30,37)(H,34,35)(H3,26,28,29,33)/t16-,18-,21-,25-,41?/m1/s1. The number of carbonyl (C=O) groups is 1. The van der Waals surface area contributed by atoms with Crippen LogP contribution in [0.2, 0.25) is 0 Å². The van der Waals surface area contributed by atoms with Crippen molar-refractivity contribution in [3.63, 3.8) is 0 Å². The maximum atomic E-state index is 14.0. The number of aliphatic carboxylic acids is 1. The van der Waals surface area contributed by atoms with Crippen molar-refractivity contribution in [3.8, 4) is 5.75 Å². The Morgan fingerprint density at radius 3 is 2.73 bits per heavy atom. The molecule has 0 spiro atoms. The van der Waals surface area contributed by atoms with E-state index in [-0.39, 0.29) is 22.9 Å². The zero-order valence-electron chi connectivity index (χ0n) is 22.2. The molecule has 1 fully saturated rings. The molecule has 2 aromatic carbocycles. The summed E-state index contributed by atoms with van der Waals surface area (Å²) in [6.45, 7) is 3.26. The molecule has 5 rings (SSSR count). The molecule has 0 amide bonds. The third kappa shape index (κ3) is 5.30. The van der Waals surface area contributed by atoms with Crippen LogP contribution < -0.4 is 20.9 Å². The quantitative estimate of drug-likeness (QED) is 0.153. The van der Waals surface area contributed by atoms with Crippen LogP contribution in [0.1, 0.15) is 27.0 Å². The fraction of sp³-hybridized carbons (Fsp3) is 0.360. The fourth-order valence-corrected chi connectivity index (χ4v) is 6.24. The molecule has 3 heterocycles. The summed E-state index contributed by atoms with van der Waals surface area (Å²) in [7, 11) is -4.47. The number of hydrogen-bond donors (Lipinski definition) is 6. The molecule has 15 nitrogen and oxygen atoms in total. The Bertz CT molecular complexity index is 1730. The molecule has 0 saturated carbocycles. The second kappa shape index (κ2) is 10.2. The van der Waals surface area contributed by atoms with Crippen LogP contribution in [0.15, 0.2) is 53.6 Å². The van der Waals surface area contributed by atoms with E-state index in [1.165, 1.54) is 31.7 Å². The molecular weight excluding hydrogens is 559 g/mol. The third-order valence-electron chi connectivity index (χ3n) is 6.79. The van der Waals surface area contributed by atoms with Crippen LogP contribution in [0.25, 0.3) is 21.9 Å². The molecule has 4 aromatic rings. The van der Waals surface area contributed by atoms with Gasteiger partial charge in [-0.1, -0.05) is 36.4 Å². The highest BCUT2D eigenvalue weighted by Crippen LogP contribution is 2.49. The number of aromatic amines is 1. The number of imidazole rings is 1. The highest BCUT2D eigenvalue weighted by Gasteiger charge is 2.54. The van der Waals surface area contributed by atoms with E-state index in [1.807, 2.05) is 18.2 Å². The SMILES string of the molecule is CC(C)(NP(=O)(OC[C@H]1O[C@@H](n2cnc3c(=O)[nH]c(N)nc32)[C@](C)(O)[C@@H]1O)Oc1cccc2ccccc12)C(=O)O. The molecule has 41 heavy (non-hydrogen) atoms. The van der Waals surface area contributed by atoms with Crippen LogP contribution in [0.3, 0.4) is 0 Å². The van der Waals surface area contributed by atoms with Gasteiger partial charge in [0.1, 0.15) is 29.1 Å². The van der Waals surface area contributed by atoms with Crippen molar-refractivity contribution in [3.05, 3.63) is 59.1 Å². The molecule has 16 heteroatoms. The van der Waals surface area contributed by atoms with Gasteiger partial charge in [0.2, 0.25) is 5.95 Å². The number of nitrogens with two attached hydrogens (primary N) is 1. The highest BCUT2D eigenvalue weighted by atomic mass is 31.2. The van der Waals surface area contributed by atoms with Gasteiger partial charge in [-0.2, -0.15) is 10.1 Å². The normalized spacial score (nSPS) is 24.5. The van der Waals surface area contributed by atoms with E-state index in [0.29, 0.717) is 5.39 Å². The molecule has 0 bridgehead atoms. The van der Waals surface area contributed by atoms with Crippen molar-refractivity contribution in [2.45, 2.75) is 50.3 Å². The van der Waals surface area contributed by atoms with Gasteiger partial charge in [-0.3, -0.25) is 23.7 Å². The van der Waals surface area contributed by atoms with Crippen molar-refractivity contribution >= 4 is 41.6 Å². The molecular formula is C25H29N6O9P. The van der Waals surface area contributed by atoms with Gasteiger partial charge in [0, 0.05) is 5.39 Å². The summed E-state index contributed by atoms with van der Waals surface area (Å²) in [5.41, 5.74) is 1.27. The Morgan fingerprint density at radius 1 is 1.29 bits per heavy atom. The fourth-order valence-electron chi connectivity index (χ4n) is 4.54. The number of aliphatic hydroxyl groups is 2. The Hall–Kier alpha value is -3.85. The van der Waals surface area contributed by atoms with E-state index in [2.05, 4.69) is 20.0 Å². The summed E-state index contributed by atoms with van der Waals surface area (Å²) in [5.74, 6) is -1.35. The van der Waals surface area contributed by atoms with Crippen LogP contribution in [0.5, 0.6) is 5.75 Å². The predicted molar refractivity (Wildman–Crippen MR) is 146 cm³/mol. The summed E-state index contributed by atoms with van der Waals surface area (Å²) < 4.78 is 32.6. The number of benzene rings is 2. The van der Waals surface area contributed by atoms with E-state index in [0.717, 1.165) is 5.39 Å². The van der Waals surface area contributed by atoms with E-state index in [4.69, 9.17) is 19.5 Å². The Morgan fingerprint density at radius 2 is 2.00 bits per heavy atom. The predicted octanol–water partition coefficient (Wildman–Crippen LogP) is 1.52.